The highest BCUT2D eigenvalue weighted by molar-refractivity contribution is 4.36. The zero-order chi connectivity index (χ0) is 6.95. The lowest BCUT2D eigenvalue weighted by atomic mass is 10.3. The highest BCUT2D eigenvalue weighted by Gasteiger charge is 1.84. The molecule has 2 N–H and O–H groups in total. The first-order valence-electron chi connectivity index (χ1n) is 3.11. The molecule has 0 saturated carbocycles. The van der Waals surface area contributed by atoms with Gasteiger partial charge in [0.2, 0.25) is 0 Å². The summed E-state index contributed by atoms with van der Waals surface area (Å²) in [5.41, 5.74) is 2.40. The van der Waals surface area contributed by atoms with Crippen molar-refractivity contribution in [2.24, 2.45) is 0 Å². The Kier molecular flexibility index (Phi) is 7.70. The van der Waals surface area contributed by atoms with Crippen LogP contribution in [0.2, 0.25) is 0 Å². The van der Waals surface area contributed by atoms with Crippen LogP contribution in [-0.4, -0.2) is 11.8 Å². The van der Waals surface area contributed by atoms with Gasteiger partial charge in [-0.15, -0.1) is 4.99 Å². The summed E-state index contributed by atoms with van der Waals surface area (Å²) in [4.78, 5) is 3.99. The predicted molar refractivity (Wildman–Crippen MR) is 32.3 cm³/mol. The van der Waals surface area contributed by atoms with Gasteiger partial charge < -0.3 is 0 Å². The second kappa shape index (κ2) is 7.84. The van der Waals surface area contributed by atoms with Crippen LogP contribution in [-0.2, 0) is 10.0 Å². The highest BCUT2D eigenvalue weighted by atomic mass is 17.5. The Morgan fingerprint density at radius 3 is 2.78 bits per heavy atom. The molecule has 0 spiro atoms. The topological polar surface area (TPSA) is 50.7 Å². The standard InChI is InChI=1S/C5H13NO3/c1-2-3-4-5-6-8-9-7/h6-7H,2-5H2,1H3. The molecule has 0 aromatic rings. The second-order valence-electron chi connectivity index (χ2n) is 1.76. The fraction of sp³-hybridized carbons (Fsp3) is 1.00. The number of hydroxylamine groups is 1. The van der Waals surface area contributed by atoms with Crippen molar-refractivity contribution in [1.29, 1.82) is 0 Å². The van der Waals surface area contributed by atoms with Crippen molar-refractivity contribution in [2.75, 3.05) is 6.54 Å². The van der Waals surface area contributed by atoms with Crippen molar-refractivity contribution >= 4 is 0 Å². The lowest BCUT2D eigenvalue weighted by molar-refractivity contribution is -0.514. The highest BCUT2D eigenvalue weighted by Crippen LogP contribution is 1.90. The molecule has 0 aliphatic rings. The van der Waals surface area contributed by atoms with Gasteiger partial charge in [-0.25, -0.2) is 5.26 Å². The van der Waals surface area contributed by atoms with Crippen LogP contribution in [0, 0.1) is 0 Å². The van der Waals surface area contributed by atoms with E-state index in [1.165, 1.54) is 6.42 Å². The summed E-state index contributed by atoms with van der Waals surface area (Å²) in [6.07, 6.45) is 3.35. The molecule has 4 heteroatoms. The van der Waals surface area contributed by atoms with Gasteiger partial charge in [-0.2, -0.15) is 5.48 Å². The molecule has 0 heterocycles. The zero-order valence-corrected chi connectivity index (χ0v) is 5.59. The molecule has 0 unspecified atom stereocenters. The largest absolute Gasteiger partial charge is 0.220 e. The van der Waals surface area contributed by atoms with Crippen LogP contribution in [0.25, 0.3) is 0 Å². The fourth-order valence-electron chi connectivity index (χ4n) is 0.515. The van der Waals surface area contributed by atoms with Crippen LogP contribution >= 0.6 is 0 Å². The molecule has 0 saturated heterocycles. The Hall–Kier alpha value is -0.160. The van der Waals surface area contributed by atoms with Gasteiger partial charge in [0.05, 0.1) is 0 Å². The van der Waals surface area contributed by atoms with E-state index in [2.05, 4.69) is 22.4 Å². The van der Waals surface area contributed by atoms with Gasteiger partial charge in [-0.1, -0.05) is 24.8 Å². The Bertz CT molecular complexity index is 45.5. The van der Waals surface area contributed by atoms with Crippen molar-refractivity contribution in [3.05, 3.63) is 0 Å². The minimum atomic E-state index is 0.703. The monoisotopic (exact) mass is 135 g/mol. The molecular weight excluding hydrogens is 122 g/mol. The molecule has 0 radical (unpaired) electrons. The van der Waals surface area contributed by atoms with E-state index in [1.807, 2.05) is 0 Å². The molecule has 0 bridgehead atoms. The van der Waals surface area contributed by atoms with Crippen molar-refractivity contribution in [2.45, 2.75) is 26.2 Å². The quantitative estimate of drug-likeness (QED) is 0.325. The van der Waals surface area contributed by atoms with Gasteiger partial charge in [0, 0.05) is 6.54 Å². The van der Waals surface area contributed by atoms with E-state index in [9.17, 15) is 0 Å². The van der Waals surface area contributed by atoms with Crippen LogP contribution in [0.4, 0.5) is 0 Å². The third-order valence-corrected chi connectivity index (χ3v) is 0.979. The summed E-state index contributed by atoms with van der Waals surface area (Å²) in [6, 6.07) is 0. The first kappa shape index (κ1) is 8.84. The van der Waals surface area contributed by atoms with Crippen LogP contribution in [0.3, 0.4) is 0 Å². The maximum absolute atomic E-state index is 7.64. The lowest BCUT2D eigenvalue weighted by Crippen LogP contribution is -2.14. The first-order valence-corrected chi connectivity index (χ1v) is 3.11. The molecule has 0 aromatic heterocycles. The van der Waals surface area contributed by atoms with Crippen LogP contribution in [0.15, 0.2) is 0 Å². The third-order valence-electron chi connectivity index (χ3n) is 0.979. The first-order chi connectivity index (χ1) is 4.41. The Balaban J connectivity index is 2.60. The molecule has 0 aliphatic carbocycles. The number of rotatable bonds is 6. The van der Waals surface area contributed by atoms with E-state index in [0.29, 0.717) is 6.54 Å². The molecular formula is C5H13NO3. The summed E-state index contributed by atoms with van der Waals surface area (Å²) in [5, 5.41) is 10.9. The van der Waals surface area contributed by atoms with Crippen molar-refractivity contribution in [1.82, 2.24) is 5.48 Å². The van der Waals surface area contributed by atoms with Crippen LogP contribution < -0.4 is 5.48 Å². The molecule has 0 atom stereocenters. The van der Waals surface area contributed by atoms with Gasteiger partial charge in [0.15, 0.2) is 0 Å². The molecule has 0 aliphatic heterocycles. The molecule has 0 amide bonds. The maximum atomic E-state index is 7.64. The van der Waals surface area contributed by atoms with E-state index in [4.69, 9.17) is 5.26 Å². The zero-order valence-electron chi connectivity index (χ0n) is 5.59. The third kappa shape index (κ3) is 7.84. The van der Waals surface area contributed by atoms with Crippen LogP contribution in [0.1, 0.15) is 26.2 Å². The number of hydrogen-bond donors (Lipinski definition) is 2. The number of nitrogens with one attached hydrogen (secondary N) is 1. The molecule has 4 nitrogen and oxygen atoms in total. The minimum absolute atomic E-state index is 0.703. The number of hydrogen-bond acceptors (Lipinski definition) is 4. The number of unbranched alkanes of at least 4 members (excludes halogenated alkanes) is 2. The van der Waals surface area contributed by atoms with Crippen molar-refractivity contribution in [3.63, 3.8) is 0 Å². The normalized spacial score (nSPS) is 10.0. The predicted octanol–water partition coefficient (Wildman–Crippen LogP) is 1.10. The van der Waals surface area contributed by atoms with E-state index in [1.54, 1.807) is 0 Å². The van der Waals surface area contributed by atoms with Gasteiger partial charge in [-0.3, -0.25) is 0 Å². The molecule has 56 valence electrons. The smallest absolute Gasteiger partial charge is 0.0241 e. The summed E-state index contributed by atoms with van der Waals surface area (Å²) in [6.45, 7) is 2.82. The Labute approximate surface area is 54.6 Å². The molecule has 0 fully saturated rings. The van der Waals surface area contributed by atoms with E-state index < -0.39 is 0 Å². The molecule has 9 heavy (non-hydrogen) atoms. The van der Waals surface area contributed by atoms with Crippen molar-refractivity contribution < 1.29 is 15.3 Å². The molecule has 0 aromatic carbocycles. The molecule has 0 rings (SSSR count). The summed E-state index contributed by atoms with van der Waals surface area (Å²) in [5.74, 6) is 0. The lowest BCUT2D eigenvalue weighted by Gasteiger charge is -1.97. The van der Waals surface area contributed by atoms with Gasteiger partial charge in [-0.05, 0) is 6.42 Å². The van der Waals surface area contributed by atoms with E-state index in [0.717, 1.165) is 12.8 Å². The Morgan fingerprint density at radius 1 is 1.44 bits per heavy atom. The van der Waals surface area contributed by atoms with Crippen LogP contribution in [0.5, 0.6) is 0 Å². The van der Waals surface area contributed by atoms with Gasteiger partial charge >= 0.3 is 0 Å². The minimum Gasteiger partial charge on any atom is -0.220 e. The average Bonchev–Trinajstić information content (AvgIpc) is 1.89. The fourth-order valence-corrected chi connectivity index (χ4v) is 0.515. The average molecular weight is 135 g/mol. The van der Waals surface area contributed by atoms with Crippen molar-refractivity contribution in [3.8, 4) is 0 Å². The van der Waals surface area contributed by atoms with E-state index >= 15 is 0 Å². The maximum Gasteiger partial charge on any atom is 0.0241 e. The van der Waals surface area contributed by atoms with E-state index in [-0.39, 0.29) is 0 Å². The second-order valence-corrected chi connectivity index (χ2v) is 1.76. The SMILES string of the molecule is CCCCCNOOO. The summed E-state index contributed by atoms with van der Waals surface area (Å²) < 4.78 is 0. The Morgan fingerprint density at radius 2 is 2.22 bits per heavy atom. The summed E-state index contributed by atoms with van der Waals surface area (Å²) in [7, 11) is 0. The summed E-state index contributed by atoms with van der Waals surface area (Å²) >= 11 is 0. The van der Waals surface area contributed by atoms with Gasteiger partial charge in [0.1, 0.15) is 0 Å². The van der Waals surface area contributed by atoms with Gasteiger partial charge in [0.25, 0.3) is 0 Å².